The summed E-state index contributed by atoms with van der Waals surface area (Å²) in [6.07, 6.45) is 0.171. The molecule has 0 saturated heterocycles. The molecule has 29 heavy (non-hydrogen) atoms. The molecule has 0 aliphatic heterocycles. The molecule has 3 aromatic rings. The van der Waals surface area contributed by atoms with Gasteiger partial charge in [0.1, 0.15) is 5.75 Å². The number of thiocarbonyl (C=S) groups is 1. The third kappa shape index (κ3) is 6.17. The lowest BCUT2D eigenvalue weighted by Crippen LogP contribution is -2.49. The molecule has 0 unspecified atom stereocenters. The third-order valence-electron chi connectivity index (χ3n) is 3.98. The van der Waals surface area contributed by atoms with Crippen LogP contribution in [0.3, 0.4) is 0 Å². The first kappa shape index (κ1) is 20.6. The molecule has 6 nitrogen and oxygen atoms in total. The van der Waals surface area contributed by atoms with E-state index in [1.54, 1.807) is 24.3 Å². The predicted molar refractivity (Wildman–Crippen MR) is 117 cm³/mol. The topological polar surface area (TPSA) is 79.5 Å². The Kier molecular flexibility index (Phi) is 6.99. The summed E-state index contributed by atoms with van der Waals surface area (Å²) in [5.74, 6) is -0.233. The SMILES string of the molecule is O=C(Cc1cccc2ccccc12)NNC(=S)NC(=O)COc1ccc(Cl)cc1. The van der Waals surface area contributed by atoms with Gasteiger partial charge in [0.2, 0.25) is 5.91 Å². The van der Waals surface area contributed by atoms with Crippen molar-refractivity contribution < 1.29 is 14.3 Å². The molecule has 0 saturated carbocycles. The van der Waals surface area contributed by atoms with E-state index in [-0.39, 0.29) is 24.0 Å². The van der Waals surface area contributed by atoms with E-state index < -0.39 is 5.91 Å². The molecule has 0 fully saturated rings. The second kappa shape index (κ2) is 9.86. The third-order valence-corrected chi connectivity index (χ3v) is 4.44. The number of fused-ring (bicyclic) bond motifs is 1. The Hall–Kier alpha value is -3.16. The Balaban J connectivity index is 1.43. The maximum atomic E-state index is 12.2. The lowest BCUT2D eigenvalue weighted by Gasteiger charge is -2.12. The first-order valence-electron chi connectivity index (χ1n) is 8.75. The first-order valence-corrected chi connectivity index (χ1v) is 9.53. The number of rotatable bonds is 5. The number of carbonyl (C=O) groups is 2. The highest BCUT2D eigenvalue weighted by molar-refractivity contribution is 7.80. The van der Waals surface area contributed by atoms with Crippen molar-refractivity contribution in [1.82, 2.24) is 16.2 Å². The van der Waals surface area contributed by atoms with Gasteiger partial charge < -0.3 is 4.74 Å². The molecule has 0 aromatic heterocycles. The van der Waals surface area contributed by atoms with Crippen molar-refractivity contribution in [2.45, 2.75) is 6.42 Å². The van der Waals surface area contributed by atoms with E-state index in [0.717, 1.165) is 16.3 Å². The van der Waals surface area contributed by atoms with Crippen LogP contribution in [-0.2, 0) is 16.0 Å². The average Bonchev–Trinajstić information content (AvgIpc) is 2.72. The van der Waals surface area contributed by atoms with Gasteiger partial charge >= 0.3 is 0 Å². The smallest absolute Gasteiger partial charge is 0.264 e. The monoisotopic (exact) mass is 427 g/mol. The van der Waals surface area contributed by atoms with Crippen LogP contribution in [0.4, 0.5) is 0 Å². The van der Waals surface area contributed by atoms with Crippen LogP contribution in [0.5, 0.6) is 5.75 Å². The molecule has 0 heterocycles. The number of nitrogens with one attached hydrogen (secondary N) is 3. The summed E-state index contributed by atoms with van der Waals surface area (Å²) in [6.45, 7) is -0.229. The van der Waals surface area contributed by atoms with Crippen molar-refractivity contribution in [3.8, 4) is 5.75 Å². The number of benzene rings is 3. The lowest BCUT2D eigenvalue weighted by atomic mass is 10.0. The average molecular weight is 428 g/mol. The second-order valence-electron chi connectivity index (χ2n) is 6.11. The highest BCUT2D eigenvalue weighted by Crippen LogP contribution is 2.18. The molecule has 148 valence electrons. The fourth-order valence-electron chi connectivity index (χ4n) is 2.66. The lowest BCUT2D eigenvalue weighted by molar-refractivity contribution is -0.122. The standard InChI is InChI=1S/C21H18ClN3O3S/c22-16-8-10-17(11-9-16)28-13-20(27)23-21(29)25-24-19(26)12-15-6-3-5-14-4-1-2-7-18(14)15/h1-11H,12-13H2,(H,24,26)(H2,23,25,27,29). The van der Waals surface area contributed by atoms with Crippen LogP contribution in [0.15, 0.2) is 66.7 Å². The number of halogens is 1. The van der Waals surface area contributed by atoms with Crippen molar-refractivity contribution in [1.29, 1.82) is 0 Å². The Morgan fingerprint density at radius 2 is 1.62 bits per heavy atom. The molecule has 3 rings (SSSR count). The summed E-state index contributed by atoms with van der Waals surface area (Å²) in [4.78, 5) is 24.1. The molecule has 0 radical (unpaired) electrons. The van der Waals surface area contributed by atoms with Crippen molar-refractivity contribution in [3.63, 3.8) is 0 Å². The van der Waals surface area contributed by atoms with Crippen LogP contribution in [0.2, 0.25) is 5.02 Å². The number of carbonyl (C=O) groups excluding carboxylic acids is 2. The summed E-state index contributed by atoms with van der Waals surface area (Å²) in [7, 11) is 0. The van der Waals surface area contributed by atoms with Gasteiger partial charge in [-0.1, -0.05) is 54.1 Å². The number of hydrazine groups is 1. The van der Waals surface area contributed by atoms with Crippen LogP contribution in [0, 0.1) is 0 Å². The Bertz CT molecular complexity index is 1040. The largest absolute Gasteiger partial charge is 0.484 e. The van der Waals surface area contributed by atoms with E-state index in [1.165, 1.54) is 0 Å². The van der Waals surface area contributed by atoms with E-state index in [9.17, 15) is 9.59 Å². The maximum Gasteiger partial charge on any atom is 0.264 e. The molecular formula is C21H18ClN3O3S. The molecule has 8 heteroatoms. The first-order chi connectivity index (χ1) is 14.0. The summed E-state index contributed by atoms with van der Waals surface area (Å²) in [5, 5.41) is 5.05. The van der Waals surface area contributed by atoms with Gasteiger partial charge in [-0.05, 0) is 52.8 Å². The number of ether oxygens (including phenoxy) is 1. The van der Waals surface area contributed by atoms with Crippen LogP contribution in [-0.4, -0.2) is 23.5 Å². The van der Waals surface area contributed by atoms with Gasteiger partial charge in [0.05, 0.1) is 6.42 Å². The van der Waals surface area contributed by atoms with Gasteiger partial charge in [-0.15, -0.1) is 0 Å². The van der Waals surface area contributed by atoms with E-state index in [0.29, 0.717) is 10.8 Å². The van der Waals surface area contributed by atoms with Crippen LogP contribution in [0.25, 0.3) is 10.8 Å². The molecule has 2 amide bonds. The summed E-state index contributed by atoms with van der Waals surface area (Å²) in [6, 6.07) is 20.3. The van der Waals surface area contributed by atoms with Gasteiger partial charge in [0, 0.05) is 5.02 Å². The van der Waals surface area contributed by atoms with E-state index >= 15 is 0 Å². The number of hydrogen-bond acceptors (Lipinski definition) is 4. The van der Waals surface area contributed by atoms with Crippen molar-refractivity contribution in [3.05, 3.63) is 77.3 Å². The van der Waals surface area contributed by atoms with Crippen LogP contribution < -0.4 is 20.9 Å². The zero-order chi connectivity index (χ0) is 20.6. The maximum absolute atomic E-state index is 12.2. The molecule has 3 N–H and O–H groups in total. The van der Waals surface area contributed by atoms with Crippen molar-refractivity contribution in [2.24, 2.45) is 0 Å². The quantitative estimate of drug-likeness (QED) is 0.430. The van der Waals surface area contributed by atoms with Crippen LogP contribution >= 0.6 is 23.8 Å². The molecule has 0 aliphatic rings. The molecule has 3 aromatic carbocycles. The Labute approximate surface area is 178 Å². The molecule has 0 aliphatic carbocycles. The van der Waals surface area contributed by atoms with Gasteiger partial charge in [-0.25, -0.2) is 0 Å². The minimum absolute atomic E-state index is 0.0269. The highest BCUT2D eigenvalue weighted by Gasteiger charge is 2.09. The van der Waals surface area contributed by atoms with Crippen LogP contribution in [0.1, 0.15) is 5.56 Å². The Morgan fingerprint density at radius 3 is 2.41 bits per heavy atom. The zero-order valence-electron chi connectivity index (χ0n) is 15.3. The fourth-order valence-corrected chi connectivity index (χ4v) is 2.95. The summed E-state index contributed by atoms with van der Waals surface area (Å²) < 4.78 is 5.32. The van der Waals surface area contributed by atoms with E-state index in [2.05, 4.69) is 16.2 Å². The number of hydrogen-bond donors (Lipinski definition) is 3. The van der Waals surface area contributed by atoms with E-state index in [4.69, 9.17) is 28.6 Å². The van der Waals surface area contributed by atoms with Gasteiger partial charge in [0.15, 0.2) is 11.7 Å². The van der Waals surface area contributed by atoms with Crippen molar-refractivity contribution in [2.75, 3.05) is 6.61 Å². The highest BCUT2D eigenvalue weighted by atomic mass is 35.5. The molecule has 0 atom stereocenters. The molecule has 0 bridgehead atoms. The summed E-state index contributed by atoms with van der Waals surface area (Å²) in [5.41, 5.74) is 5.89. The predicted octanol–water partition coefficient (Wildman–Crippen LogP) is 3.14. The minimum atomic E-state index is -0.458. The van der Waals surface area contributed by atoms with Crippen molar-refractivity contribution >= 4 is 51.5 Å². The molecular weight excluding hydrogens is 410 g/mol. The van der Waals surface area contributed by atoms with Gasteiger partial charge in [0.25, 0.3) is 5.91 Å². The summed E-state index contributed by atoms with van der Waals surface area (Å²) >= 11 is 10.8. The second-order valence-corrected chi connectivity index (χ2v) is 6.95. The zero-order valence-corrected chi connectivity index (χ0v) is 16.8. The fraction of sp³-hybridized carbons (Fsp3) is 0.0952. The number of amides is 2. The molecule has 0 spiro atoms. The minimum Gasteiger partial charge on any atom is -0.484 e. The van der Waals surface area contributed by atoms with Gasteiger partial charge in [-0.2, -0.15) is 0 Å². The van der Waals surface area contributed by atoms with Gasteiger partial charge in [-0.3, -0.25) is 25.8 Å². The van der Waals surface area contributed by atoms with E-state index in [1.807, 2.05) is 42.5 Å². The normalized spacial score (nSPS) is 10.2. The Morgan fingerprint density at radius 1 is 0.897 bits per heavy atom.